The summed E-state index contributed by atoms with van der Waals surface area (Å²) in [6, 6.07) is 9.21. The van der Waals surface area contributed by atoms with Crippen LogP contribution in [0.1, 0.15) is 38.4 Å². The molecule has 0 amide bonds. The van der Waals surface area contributed by atoms with E-state index in [0.29, 0.717) is 54.6 Å². The molecular weight excluding hydrogens is 468 g/mol. The third-order valence-corrected chi connectivity index (χ3v) is 6.30. The van der Waals surface area contributed by atoms with Crippen molar-refractivity contribution in [1.29, 1.82) is 5.26 Å². The summed E-state index contributed by atoms with van der Waals surface area (Å²) in [5.41, 5.74) is 2.85. The molecule has 0 saturated carbocycles. The van der Waals surface area contributed by atoms with Gasteiger partial charge in [-0.25, -0.2) is 9.97 Å². The van der Waals surface area contributed by atoms with E-state index in [1.165, 1.54) is 6.20 Å². The summed E-state index contributed by atoms with van der Waals surface area (Å²) >= 11 is 6.49. The summed E-state index contributed by atoms with van der Waals surface area (Å²) < 4.78 is 7.41. The zero-order chi connectivity index (χ0) is 24.9. The number of aliphatic hydroxyl groups excluding tert-OH is 1. The van der Waals surface area contributed by atoms with E-state index in [1.807, 2.05) is 12.1 Å². The first kappa shape index (κ1) is 25.1. The molecule has 2 atom stereocenters. The van der Waals surface area contributed by atoms with E-state index in [9.17, 15) is 9.90 Å². The fourth-order valence-electron chi connectivity index (χ4n) is 4.34. The SMILES string of the molecule is CC(C)n1c(CNCCC#N)cc(=O)c2ccc(-c3nc(N[C@@H]4CCOC[C@H]4O)ncc3Cl)cc21. The number of hydrogen-bond acceptors (Lipinski definition) is 8. The lowest BCUT2D eigenvalue weighted by atomic mass is 10.1. The Labute approximate surface area is 208 Å². The average Bonchev–Trinajstić information content (AvgIpc) is 2.84. The Bertz CT molecular complexity index is 1300. The molecule has 0 aliphatic carbocycles. The first-order valence-electron chi connectivity index (χ1n) is 11.7. The van der Waals surface area contributed by atoms with Gasteiger partial charge in [-0.2, -0.15) is 5.26 Å². The number of fused-ring (bicyclic) bond motifs is 1. The highest BCUT2D eigenvalue weighted by atomic mass is 35.5. The number of nitrogens with one attached hydrogen (secondary N) is 2. The minimum Gasteiger partial charge on any atom is -0.389 e. The molecule has 35 heavy (non-hydrogen) atoms. The van der Waals surface area contributed by atoms with Crippen LogP contribution in [0.2, 0.25) is 5.02 Å². The van der Waals surface area contributed by atoms with Crippen molar-refractivity contribution in [1.82, 2.24) is 19.9 Å². The van der Waals surface area contributed by atoms with Gasteiger partial charge in [-0.3, -0.25) is 4.79 Å². The van der Waals surface area contributed by atoms with Crippen molar-refractivity contribution in [3.05, 3.63) is 51.4 Å². The van der Waals surface area contributed by atoms with Crippen LogP contribution in [0.25, 0.3) is 22.2 Å². The van der Waals surface area contributed by atoms with E-state index in [0.717, 1.165) is 16.8 Å². The Morgan fingerprint density at radius 2 is 2.20 bits per heavy atom. The molecule has 0 unspecified atom stereocenters. The smallest absolute Gasteiger partial charge is 0.223 e. The van der Waals surface area contributed by atoms with Crippen molar-refractivity contribution >= 4 is 28.5 Å². The molecule has 1 aliphatic rings. The van der Waals surface area contributed by atoms with Gasteiger partial charge in [0.1, 0.15) is 0 Å². The number of pyridine rings is 1. The Morgan fingerprint density at radius 1 is 1.37 bits per heavy atom. The van der Waals surface area contributed by atoms with Crippen LogP contribution in [0.5, 0.6) is 0 Å². The van der Waals surface area contributed by atoms with Crippen molar-refractivity contribution < 1.29 is 9.84 Å². The monoisotopic (exact) mass is 496 g/mol. The second-order valence-electron chi connectivity index (χ2n) is 8.85. The fraction of sp³-hybridized carbons (Fsp3) is 0.440. The number of aliphatic hydroxyl groups is 1. The van der Waals surface area contributed by atoms with Gasteiger partial charge in [0.25, 0.3) is 0 Å². The van der Waals surface area contributed by atoms with Crippen LogP contribution < -0.4 is 16.1 Å². The van der Waals surface area contributed by atoms with Gasteiger partial charge < -0.3 is 25.0 Å². The maximum absolute atomic E-state index is 12.9. The van der Waals surface area contributed by atoms with Crippen LogP contribution in [0.4, 0.5) is 5.95 Å². The maximum Gasteiger partial charge on any atom is 0.223 e. The Balaban J connectivity index is 1.73. The summed E-state index contributed by atoms with van der Waals surface area (Å²) in [5, 5.41) is 26.4. The lowest BCUT2D eigenvalue weighted by Gasteiger charge is -2.28. The van der Waals surface area contributed by atoms with E-state index in [1.54, 1.807) is 12.1 Å². The van der Waals surface area contributed by atoms with Gasteiger partial charge >= 0.3 is 0 Å². The highest BCUT2D eigenvalue weighted by Gasteiger charge is 2.24. The van der Waals surface area contributed by atoms with E-state index < -0.39 is 6.10 Å². The minimum absolute atomic E-state index is 0.0646. The van der Waals surface area contributed by atoms with Crippen LogP contribution in [0.15, 0.2) is 35.3 Å². The van der Waals surface area contributed by atoms with Gasteiger partial charge in [0.15, 0.2) is 5.43 Å². The number of nitriles is 1. The van der Waals surface area contributed by atoms with E-state index in [4.69, 9.17) is 21.6 Å². The topological polar surface area (TPSA) is 125 Å². The van der Waals surface area contributed by atoms with Crippen LogP contribution in [0.3, 0.4) is 0 Å². The zero-order valence-electron chi connectivity index (χ0n) is 19.8. The molecule has 2 aromatic heterocycles. The third kappa shape index (κ3) is 5.63. The summed E-state index contributed by atoms with van der Waals surface area (Å²) in [7, 11) is 0. The molecule has 1 aliphatic heterocycles. The number of hydrogen-bond donors (Lipinski definition) is 3. The second-order valence-corrected chi connectivity index (χ2v) is 9.26. The maximum atomic E-state index is 12.9. The molecule has 0 radical (unpaired) electrons. The van der Waals surface area contributed by atoms with Crippen molar-refractivity contribution in [2.75, 3.05) is 25.1 Å². The van der Waals surface area contributed by atoms with Gasteiger partial charge in [0.05, 0.1) is 47.3 Å². The highest BCUT2D eigenvalue weighted by molar-refractivity contribution is 6.33. The number of nitrogens with zero attached hydrogens (tertiary/aromatic N) is 4. The van der Waals surface area contributed by atoms with Crippen molar-refractivity contribution in [2.24, 2.45) is 0 Å². The molecule has 1 fully saturated rings. The molecule has 3 heterocycles. The number of aromatic nitrogens is 3. The first-order chi connectivity index (χ1) is 16.9. The Kier molecular flexibility index (Phi) is 7.98. The molecule has 10 heteroatoms. The lowest BCUT2D eigenvalue weighted by Crippen LogP contribution is -2.42. The summed E-state index contributed by atoms with van der Waals surface area (Å²) in [6.45, 7) is 5.98. The molecule has 0 bridgehead atoms. The summed E-state index contributed by atoms with van der Waals surface area (Å²) in [6.07, 6.45) is 1.93. The second kappa shape index (κ2) is 11.1. The molecule has 1 aromatic carbocycles. The van der Waals surface area contributed by atoms with Gasteiger partial charge in [0.2, 0.25) is 5.95 Å². The number of rotatable bonds is 8. The van der Waals surface area contributed by atoms with Crippen LogP contribution in [0, 0.1) is 11.3 Å². The van der Waals surface area contributed by atoms with Crippen molar-refractivity contribution in [3.63, 3.8) is 0 Å². The number of halogens is 1. The fourth-order valence-corrected chi connectivity index (χ4v) is 4.54. The summed E-state index contributed by atoms with van der Waals surface area (Å²) in [5.74, 6) is 0.368. The van der Waals surface area contributed by atoms with E-state index in [2.05, 4.69) is 45.1 Å². The Morgan fingerprint density at radius 3 is 2.94 bits per heavy atom. The van der Waals surface area contributed by atoms with Crippen molar-refractivity contribution in [2.45, 2.75) is 51.4 Å². The highest BCUT2D eigenvalue weighted by Crippen LogP contribution is 2.30. The largest absolute Gasteiger partial charge is 0.389 e. The zero-order valence-corrected chi connectivity index (χ0v) is 20.5. The predicted molar refractivity (Wildman–Crippen MR) is 135 cm³/mol. The van der Waals surface area contributed by atoms with Crippen molar-refractivity contribution in [3.8, 4) is 17.3 Å². The van der Waals surface area contributed by atoms with Gasteiger partial charge in [-0.1, -0.05) is 17.7 Å². The lowest BCUT2D eigenvalue weighted by molar-refractivity contribution is -0.0136. The van der Waals surface area contributed by atoms with E-state index >= 15 is 0 Å². The van der Waals surface area contributed by atoms with Gasteiger partial charge in [-0.05, 0) is 32.4 Å². The van der Waals surface area contributed by atoms with Crippen LogP contribution >= 0.6 is 11.6 Å². The predicted octanol–water partition coefficient (Wildman–Crippen LogP) is 3.26. The summed E-state index contributed by atoms with van der Waals surface area (Å²) in [4.78, 5) is 21.8. The molecule has 9 nitrogen and oxygen atoms in total. The number of ether oxygens (including phenoxy) is 1. The third-order valence-electron chi connectivity index (χ3n) is 6.02. The minimum atomic E-state index is -0.646. The van der Waals surface area contributed by atoms with E-state index in [-0.39, 0.29) is 24.1 Å². The Hall–Kier alpha value is -3.03. The molecule has 1 saturated heterocycles. The molecule has 184 valence electrons. The van der Waals surface area contributed by atoms with Gasteiger partial charge in [-0.15, -0.1) is 0 Å². The quantitative estimate of drug-likeness (QED) is 0.406. The molecule has 3 N–H and O–H groups in total. The standard InChI is InChI=1S/C25H29ClN6O3/c1-15(2)32-17(12-28-8-3-7-27)11-22(33)18-5-4-16(10-21(18)32)24-19(26)13-29-25(31-24)30-20-6-9-35-14-23(20)34/h4-5,10-11,13,15,20,23,28,34H,3,6,8-9,12,14H2,1-2H3,(H,29,30,31)/t20-,23-/m1/s1. The average molecular weight is 497 g/mol. The first-order valence-corrected chi connectivity index (χ1v) is 12.1. The van der Waals surface area contributed by atoms with Gasteiger partial charge in [0, 0.05) is 54.9 Å². The van der Waals surface area contributed by atoms with Crippen LogP contribution in [-0.2, 0) is 11.3 Å². The van der Waals surface area contributed by atoms with Crippen LogP contribution in [-0.4, -0.2) is 51.5 Å². The molecule has 0 spiro atoms. The number of benzene rings is 1. The molecular formula is C25H29ClN6O3. The normalized spacial score (nSPS) is 18.1. The molecule has 4 rings (SSSR count). The number of anilines is 1. The molecule has 3 aromatic rings.